The molecule has 0 saturated carbocycles. The Morgan fingerprint density at radius 3 is 2.97 bits per heavy atom. The van der Waals surface area contributed by atoms with Crippen molar-refractivity contribution in [3.05, 3.63) is 58.5 Å². The second-order valence-electron chi connectivity index (χ2n) is 8.05. The predicted molar refractivity (Wildman–Crippen MR) is 134 cm³/mol. The van der Waals surface area contributed by atoms with Crippen LogP contribution >= 0.6 is 23.1 Å². The molecule has 5 rings (SSSR count). The Labute approximate surface area is 203 Å². The fraction of sp³-hybridized carbons (Fsp3) is 0.292. The maximum Gasteiger partial charge on any atom is 0.272 e. The SMILES string of the molecule is CC(=O)c1cccc(NC(=O)CSc2nc3c(sc4ncccc43)c(=O)n2C[C@@H]2CCCO2)c1. The number of nitrogens with one attached hydrogen (secondary N) is 1. The fourth-order valence-corrected chi connectivity index (χ4v) is 5.78. The number of anilines is 1. The average Bonchev–Trinajstić information content (AvgIpc) is 3.48. The minimum atomic E-state index is -0.249. The number of nitrogens with zero attached hydrogens (tertiary/aromatic N) is 3. The second-order valence-corrected chi connectivity index (χ2v) is 10.00. The summed E-state index contributed by atoms with van der Waals surface area (Å²) in [6.07, 6.45) is 3.50. The third-order valence-corrected chi connectivity index (χ3v) is 7.68. The van der Waals surface area contributed by atoms with E-state index < -0.39 is 0 Å². The Balaban J connectivity index is 1.44. The Bertz CT molecular complexity index is 1460. The van der Waals surface area contributed by atoms with Gasteiger partial charge >= 0.3 is 0 Å². The molecule has 1 N–H and O–H groups in total. The number of ether oxygens (including phenoxy) is 1. The van der Waals surface area contributed by atoms with Crippen LogP contribution in [-0.2, 0) is 16.1 Å². The maximum absolute atomic E-state index is 13.4. The molecule has 4 aromatic rings. The average molecular weight is 495 g/mol. The Morgan fingerprint density at radius 1 is 1.29 bits per heavy atom. The Kier molecular flexibility index (Phi) is 6.44. The summed E-state index contributed by atoms with van der Waals surface area (Å²) in [4.78, 5) is 47.7. The number of amides is 1. The van der Waals surface area contributed by atoms with Gasteiger partial charge in [-0.2, -0.15) is 0 Å². The number of Topliss-reactive ketones (excluding diaryl/α,β-unsaturated/α-hetero) is 1. The van der Waals surface area contributed by atoms with E-state index in [0.29, 0.717) is 39.8 Å². The lowest BCUT2D eigenvalue weighted by Gasteiger charge is -2.15. The quantitative estimate of drug-likeness (QED) is 0.234. The van der Waals surface area contributed by atoms with Crippen LogP contribution in [0.15, 0.2) is 52.5 Å². The summed E-state index contributed by atoms with van der Waals surface area (Å²) in [6, 6.07) is 10.5. The zero-order valence-electron chi connectivity index (χ0n) is 18.4. The number of thiophene rings is 1. The van der Waals surface area contributed by atoms with Gasteiger partial charge in [0.15, 0.2) is 10.9 Å². The van der Waals surface area contributed by atoms with Crippen LogP contribution in [0.4, 0.5) is 5.69 Å². The third kappa shape index (κ3) is 4.61. The van der Waals surface area contributed by atoms with Gasteiger partial charge in [-0.1, -0.05) is 23.9 Å². The molecule has 1 amide bonds. The van der Waals surface area contributed by atoms with E-state index in [-0.39, 0.29) is 29.1 Å². The molecule has 34 heavy (non-hydrogen) atoms. The highest BCUT2D eigenvalue weighted by Gasteiger charge is 2.22. The molecule has 0 bridgehead atoms. The smallest absolute Gasteiger partial charge is 0.272 e. The number of thioether (sulfide) groups is 1. The van der Waals surface area contributed by atoms with Crippen LogP contribution in [0.2, 0.25) is 0 Å². The first-order valence-electron chi connectivity index (χ1n) is 10.9. The van der Waals surface area contributed by atoms with Crippen molar-refractivity contribution in [1.82, 2.24) is 14.5 Å². The van der Waals surface area contributed by atoms with Crippen molar-refractivity contribution in [2.45, 2.75) is 37.6 Å². The van der Waals surface area contributed by atoms with Crippen LogP contribution in [0.5, 0.6) is 0 Å². The highest BCUT2D eigenvalue weighted by Crippen LogP contribution is 2.31. The first kappa shape index (κ1) is 22.7. The second kappa shape index (κ2) is 9.65. The van der Waals surface area contributed by atoms with Crippen molar-refractivity contribution in [2.75, 3.05) is 17.7 Å². The van der Waals surface area contributed by atoms with E-state index in [1.165, 1.54) is 30.0 Å². The number of fused-ring (bicyclic) bond motifs is 3. The van der Waals surface area contributed by atoms with Gasteiger partial charge in [0.25, 0.3) is 5.56 Å². The summed E-state index contributed by atoms with van der Waals surface area (Å²) >= 11 is 2.55. The molecule has 1 fully saturated rings. The van der Waals surface area contributed by atoms with E-state index in [4.69, 9.17) is 9.72 Å². The maximum atomic E-state index is 13.4. The van der Waals surface area contributed by atoms with Crippen LogP contribution in [0.25, 0.3) is 20.4 Å². The van der Waals surface area contributed by atoms with Gasteiger partial charge in [-0.3, -0.25) is 19.0 Å². The highest BCUT2D eigenvalue weighted by molar-refractivity contribution is 7.99. The number of ketones is 1. The number of rotatable bonds is 7. The number of carbonyl (C=O) groups excluding carboxylic acids is 2. The van der Waals surface area contributed by atoms with Crippen molar-refractivity contribution >= 4 is 60.9 Å². The summed E-state index contributed by atoms with van der Waals surface area (Å²) in [5.41, 5.74) is 1.55. The van der Waals surface area contributed by atoms with Crippen molar-refractivity contribution in [3.8, 4) is 0 Å². The number of carbonyl (C=O) groups is 2. The van der Waals surface area contributed by atoms with E-state index >= 15 is 0 Å². The monoisotopic (exact) mass is 494 g/mol. The van der Waals surface area contributed by atoms with Crippen molar-refractivity contribution in [3.63, 3.8) is 0 Å². The summed E-state index contributed by atoms with van der Waals surface area (Å²) < 4.78 is 7.94. The molecule has 4 heterocycles. The molecular weight excluding hydrogens is 472 g/mol. The third-order valence-electron chi connectivity index (χ3n) is 5.61. The molecule has 0 radical (unpaired) electrons. The van der Waals surface area contributed by atoms with Gasteiger partial charge in [0.1, 0.15) is 9.53 Å². The van der Waals surface area contributed by atoms with Crippen LogP contribution < -0.4 is 10.9 Å². The van der Waals surface area contributed by atoms with Crippen LogP contribution in [-0.4, -0.2) is 44.7 Å². The first-order chi connectivity index (χ1) is 16.5. The van der Waals surface area contributed by atoms with E-state index in [9.17, 15) is 14.4 Å². The molecule has 1 aromatic carbocycles. The van der Waals surface area contributed by atoms with E-state index in [2.05, 4.69) is 10.3 Å². The van der Waals surface area contributed by atoms with Crippen LogP contribution in [0.3, 0.4) is 0 Å². The molecule has 1 aliphatic heterocycles. The molecule has 0 spiro atoms. The van der Waals surface area contributed by atoms with Gasteiger partial charge in [-0.15, -0.1) is 11.3 Å². The molecule has 0 unspecified atom stereocenters. The number of pyridine rings is 1. The van der Waals surface area contributed by atoms with E-state index in [1.807, 2.05) is 12.1 Å². The molecule has 1 aliphatic rings. The molecule has 10 heteroatoms. The standard InChI is InChI=1S/C24H22N4O4S2/c1-14(29)15-5-2-6-16(11-15)26-19(30)13-33-24-27-20-18-8-3-9-25-22(18)34-21(20)23(31)28(24)12-17-7-4-10-32-17/h2-3,5-6,8-9,11,17H,4,7,10,12-13H2,1H3,(H,26,30)/t17-/m0/s1. The molecule has 8 nitrogen and oxygen atoms in total. The van der Waals surface area contributed by atoms with Gasteiger partial charge in [0.2, 0.25) is 5.91 Å². The topological polar surface area (TPSA) is 103 Å². The van der Waals surface area contributed by atoms with Crippen molar-refractivity contribution in [1.29, 1.82) is 0 Å². The number of aromatic nitrogens is 3. The summed E-state index contributed by atoms with van der Waals surface area (Å²) in [6.45, 7) is 2.57. The molecule has 1 saturated heterocycles. The predicted octanol–water partition coefficient (Wildman–Crippen LogP) is 4.12. The number of hydrogen-bond donors (Lipinski definition) is 1. The molecule has 0 aliphatic carbocycles. The minimum absolute atomic E-state index is 0.0491. The zero-order chi connectivity index (χ0) is 23.7. The summed E-state index contributed by atoms with van der Waals surface area (Å²) in [5.74, 6) is -0.257. The van der Waals surface area contributed by atoms with E-state index in [1.54, 1.807) is 35.0 Å². The van der Waals surface area contributed by atoms with Gasteiger partial charge in [-0.25, -0.2) is 9.97 Å². The lowest BCUT2D eigenvalue weighted by Crippen LogP contribution is -2.28. The zero-order valence-corrected chi connectivity index (χ0v) is 20.1. The Hall–Kier alpha value is -3.08. The molecule has 1 atom stereocenters. The largest absolute Gasteiger partial charge is 0.376 e. The number of hydrogen-bond acceptors (Lipinski definition) is 8. The van der Waals surface area contributed by atoms with Crippen molar-refractivity contribution in [2.24, 2.45) is 0 Å². The lowest BCUT2D eigenvalue weighted by molar-refractivity contribution is -0.113. The number of benzene rings is 1. The van der Waals surface area contributed by atoms with Crippen molar-refractivity contribution < 1.29 is 14.3 Å². The van der Waals surface area contributed by atoms with Gasteiger partial charge in [0.05, 0.1) is 23.9 Å². The van der Waals surface area contributed by atoms with Gasteiger partial charge in [0, 0.05) is 29.4 Å². The molecular formula is C24H22N4O4S2. The first-order valence-corrected chi connectivity index (χ1v) is 12.7. The Morgan fingerprint density at radius 2 is 2.18 bits per heavy atom. The van der Waals surface area contributed by atoms with Gasteiger partial charge in [-0.05, 0) is 44.0 Å². The highest BCUT2D eigenvalue weighted by atomic mass is 32.2. The van der Waals surface area contributed by atoms with E-state index in [0.717, 1.165) is 23.1 Å². The van der Waals surface area contributed by atoms with Crippen LogP contribution in [0, 0.1) is 0 Å². The summed E-state index contributed by atoms with van der Waals surface area (Å²) in [5, 5.41) is 4.12. The molecule has 174 valence electrons. The van der Waals surface area contributed by atoms with Crippen LogP contribution in [0.1, 0.15) is 30.1 Å². The van der Waals surface area contributed by atoms with Gasteiger partial charge < -0.3 is 10.1 Å². The lowest BCUT2D eigenvalue weighted by atomic mass is 10.1. The fourth-order valence-electron chi connectivity index (χ4n) is 3.95. The minimum Gasteiger partial charge on any atom is -0.376 e. The summed E-state index contributed by atoms with van der Waals surface area (Å²) in [7, 11) is 0. The molecule has 3 aromatic heterocycles. The normalized spacial score (nSPS) is 15.7.